The van der Waals surface area contributed by atoms with Crippen molar-refractivity contribution in [3.05, 3.63) is 35.4 Å². The van der Waals surface area contributed by atoms with Crippen molar-refractivity contribution in [2.75, 3.05) is 0 Å². The Labute approximate surface area is 113 Å². The van der Waals surface area contributed by atoms with Gasteiger partial charge in [-0.2, -0.15) is 0 Å². The lowest BCUT2D eigenvalue weighted by molar-refractivity contribution is 0.0379. The van der Waals surface area contributed by atoms with Crippen LogP contribution in [0.25, 0.3) is 0 Å². The normalized spacial score (nSPS) is 42.2. The van der Waals surface area contributed by atoms with E-state index in [-0.39, 0.29) is 5.54 Å². The predicted octanol–water partition coefficient (Wildman–Crippen LogP) is 3.22. The lowest BCUT2D eigenvalue weighted by atomic mass is 9.80. The third-order valence-electron chi connectivity index (χ3n) is 6.31. The first kappa shape index (κ1) is 10.5. The number of rotatable bonds is 1. The Balaban J connectivity index is 1.58. The van der Waals surface area contributed by atoms with Crippen LogP contribution in [0.2, 0.25) is 0 Å². The predicted molar refractivity (Wildman–Crippen MR) is 72.6 cm³/mol. The maximum absolute atomic E-state index is 12.8. The van der Waals surface area contributed by atoms with Crippen LogP contribution in [0.3, 0.4) is 0 Å². The number of nitrogens with zero attached hydrogens (tertiary/aromatic N) is 1. The lowest BCUT2D eigenvalue weighted by Gasteiger charge is -2.41. The highest BCUT2D eigenvalue weighted by atomic mass is 16.2. The Morgan fingerprint density at radius 2 is 1.79 bits per heavy atom. The summed E-state index contributed by atoms with van der Waals surface area (Å²) in [6.07, 6.45) is 6.78. The van der Waals surface area contributed by atoms with Crippen molar-refractivity contribution in [2.45, 2.75) is 44.2 Å². The molecule has 4 bridgehead atoms. The van der Waals surface area contributed by atoms with Gasteiger partial charge in [0.05, 0.1) is 0 Å². The summed E-state index contributed by atoms with van der Waals surface area (Å²) in [5.41, 5.74) is 2.44. The summed E-state index contributed by atoms with van der Waals surface area (Å²) in [6.45, 7) is 0.866. The van der Waals surface area contributed by atoms with Crippen LogP contribution in [-0.2, 0) is 6.54 Å². The molecule has 6 rings (SSSR count). The van der Waals surface area contributed by atoms with Crippen LogP contribution in [0.1, 0.15) is 48.0 Å². The van der Waals surface area contributed by atoms with Gasteiger partial charge in [-0.15, -0.1) is 0 Å². The molecule has 0 spiro atoms. The number of fused-ring (bicyclic) bond motifs is 1. The average Bonchev–Trinajstić information content (AvgIpc) is 2.96. The molecule has 1 aromatic carbocycles. The number of hydrogen-bond acceptors (Lipinski definition) is 1. The molecule has 1 amide bonds. The molecule has 0 saturated heterocycles. The third kappa shape index (κ3) is 1.16. The second kappa shape index (κ2) is 3.23. The van der Waals surface area contributed by atoms with E-state index in [1.807, 2.05) is 12.1 Å². The SMILES string of the molecule is O=C1c2ccccc2CN1C12CC3CC1C[C@@H](C3)C2. The first-order valence-electron chi connectivity index (χ1n) is 7.66. The van der Waals surface area contributed by atoms with Gasteiger partial charge in [-0.1, -0.05) is 18.2 Å². The van der Waals surface area contributed by atoms with Gasteiger partial charge in [0.15, 0.2) is 0 Å². The molecule has 3 unspecified atom stereocenters. The molecule has 5 aliphatic rings. The summed E-state index contributed by atoms with van der Waals surface area (Å²) in [5.74, 6) is 2.93. The molecular weight excluding hydrogens is 234 g/mol. The molecule has 0 radical (unpaired) electrons. The van der Waals surface area contributed by atoms with E-state index in [9.17, 15) is 4.79 Å². The quantitative estimate of drug-likeness (QED) is 0.752. The maximum atomic E-state index is 12.8. The number of amides is 1. The first-order chi connectivity index (χ1) is 9.26. The Hall–Kier alpha value is -1.31. The Kier molecular flexibility index (Phi) is 1.78. The molecule has 0 N–H and O–H groups in total. The number of carbonyl (C=O) groups excluding carboxylic acids is 1. The van der Waals surface area contributed by atoms with Crippen LogP contribution < -0.4 is 0 Å². The minimum Gasteiger partial charge on any atom is -0.328 e. The Morgan fingerprint density at radius 3 is 2.53 bits per heavy atom. The van der Waals surface area contributed by atoms with E-state index < -0.39 is 0 Å². The zero-order valence-corrected chi connectivity index (χ0v) is 11.1. The molecule has 1 aliphatic heterocycles. The Morgan fingerprint density at radius 1 is 1.05 bits per heavy atom. The van der Waals surface area contributed by atoms with Gasteiger partial charge in [-0.3, -0.25) is 4.79 Å². The molecule has 2 nitrogen and oxygen atoms in total. The summed E-state index contributed by atoms with van der Waals surface area (Å²) in [7, 11) is 0. The van der Waals surface area contributed by atoms with E-state index in [0.29, 0.717) is 5.91 Å². The number of hydrogen-bond donors (Lipinski definition) is 0. The topological polar surface area (TPSA) is 20.3 Å². The molecule has 0 aromatic heterocycles. The van der Waals surface area contributed by atoms with E-state index in [0.717, 1.165) is 29.9 Å². The van der Waals surface area contributed by atoms with E-state index in [4.69, 9.17) is 0 Å². The standard InChI is InChI=1S/C17H19NO/c19-16-15-4-2-1-3-13(15)10-18(16)17-8-11-5-12(9-17)7-14(17)6-11/h1-4,11-12,14H,5-10H2/t11-,12?,14?,17?/m1/s1. The zero-order valence-electron chi connectivity index (χ0n) is 11.1. The number of benzene rings is 1. The van der Waals surface area contributed by atoms with Crippen LogP contribution in [-0.4, -0.2) is 16.3 Å². The molecule has 2 heteroatoms. The van der Waals surface area contributed by atoms with Gasteiger partial charge in [0.25, 0.3) is 5.91 Å². The summed E-state index contributed by atoms with van der Waals surface area (Å²) in [6, 6.07) is 8.19. The summed E-state index contributed by atoms with van der Waals surface area (Å²) >= 11 is 0. The zero-order chi connectivity index (χ0) is 12.6. The minimum absolute atomic E-state index is 0.240. The summed E-state index contributed by atoms with van der Waals surface area (Å²) in [5, 5.41) is 0. The molecule has 1 heterocycles. The second-order valence-electron chi connectivity index (χ2n) is 7.20. The van der Waals surface area contributed by atoms with Gasteiger partial charge in [0, 0.05) is 17.6 Å². The van der Waals surface area contributed by atoms with Crippen molar-refractivity contribution < 1.29 is 4.79 Å². The maximum Gasteiger partial charge on any atom is 0.254 e. The van der Waals surface area contributed by atoms with Crippen LogP contribution in [0.15, 0.2) is 24.3 Å². The van der Waals surface area contributed by atoms with Crippen LogP contribution in [0.5, 0.6) is 0 Å². The monoisotopic (exact) mass is 253 g/mol. The van der Waals surface area contributed by atoms with Crippen molar-refractivity contribution in [3.8, 4) is 0 Å². The highest BCUT2D eigenvalue weighted by Crippen LogP contribution is 2.63. The largest absolute Gasteiger partial charge is 0.328 e. The number of carbonyl (C=O) groups is 1. The van der Waals surface area contributed by atoms with E-state index in [2.05, 4.69) is 17.0 Å². The van der Waals surface area contributed by atoms with Crippen molar-refractivity contribution in [2.24, 2.45) is 17.8 Å². The smallest absolute Gasteiger partial charge is 0.254 e. The molecule has 4 fully saturated rings. The molecule has 19 heavy (non-hydrogen) atoms. The van der Waals surface area contributed by atoms with Gasteiger partial charge in [0.1, 0.15) is 0 Å². The van der Waals surface area contributed by atoms with Gasteiger partial charge in [-0.05, 0) is 61.5 Å². The Bertz CT molecular complexity index is 564. The van der Waals surface area contributed by atoms with Crippen LogP contribution in [0, 0.1) is 17.8 Å². The van der Waals surface area contributed by atoms with Crippen LogP contribution in [0.4, 0.5) is 0 Å². The molecular formula is C17H19NO. The fraction of sp³-hybridized carbons (Fsp3) is 0.588. The van der Waals surface area contributed by atoms with E-state index in [1.54, 1.807) is 0 Å². The van der Waals surface area contributed by atoms with Gasteiger partial charge < -0.3 is 4.90 Å². The van der Waals surface area contributed by atoms with Gasteiger partial charge >= 0.3 is 0 Å². The molecule has 4 atom stereocenters. The van der Waals surface area contributed by atoms with Crippen molar-refractivity contribution in [1.82, 2.24) is 4.90 Å². The summed E-state index contributed by atoms with van der Waals surface area (Å²) in [4.78, 5) is 15.0. The molecule has 1 aromatic rings. The average molecular weight is 253 g/mol. The van der Waals surface area contributed by atoms with E-state index in [1.165, 1.54) is 37.7 Å². The minimum atomic E-state index is 0.240. The fourth-order valence-corrected chi connectivity index (χ4v) is 5.81. The second-order valence-corrected chi connectivity index (χ2v) is 7.20. The summed E-state index contributed by atoms with van der Waals surface area (Å²) < 4.78 is 0. The third-order valence-corrected chi connectivity index (χ3v) is 6.31. The molecule has 98 valence electrons. The highest BCUT2D eigenvalue weighted by molar-refractivity contribution is 5.98. The van der Waals surface area contributed by atoms with Gasteiger partial charge in [-0.25, -0.2) is 0 Å². The van der Waals surface area contributed by atoms with Crippen LogP contribution >= 0.6 is 0 Å². The lowest BCUT2D eigenvalue weighted by Crippen LogP contribution is -2.49. The van der Waals surface area contributed by atoms with Crippen molar-refractivity contribution in [3.63, 3.8) is 0 Å². The first-order valence-corrected chi connectivity index (χ1v) is 7.66. The van der Waals surface area contributed by atoms with E-state index >= 15 is 0 Å². The highest BCUT2D eigenvalue weighted by Gasteiger charge is 2.62. The fourth-order valence-electron chi connectivity index (χ4n) is 5.81. The van der Waals surface area contributed by atoms with Crippen molar-refractivity contribution in [1.29, 1.82) is 0 Å². The molecule has 4 aliphatic carbocycles. The van der Waals surface area contributed by atoms with Crippen molar-refractivity contribution >= 4 is 5.91 Å². The van der Waals surface area contributed by atoms with Gasteiger partial charge in [0.2, 0.25) is 0 Å². The molecule has 4 saturated carbocycles.